The van der Waals surface area contributed by atoms with Crippen molar-refractivity contribution >= 4 is 5.97 Å². The Kier molecular flexibility index (Phi) is 3.02. The van der Waals surface area contributed by atoms with Crippen LogP contribution in [0.3, 0.4) is 0 Å². The lowest BCUT2D eigenvalue weighted by Gasteiger charge is -2.09. The maximum Gasteiger partial charge on any atom is 0.337 e. The van der Waals surface area contributed by atoms with Crippen LogP contribution in [0.15, 0.2) is 24.3 Å². The van der Waals surface area contributed by atoms with Gasteiger partial charge in [0, 0.05) is 6.54 Å². The van der Waals surface area contributed by atoms with E-state index in [1.165, 1.54) is 12.7 Å². The first kappa shape index (κ1) is 10.2. The van der Waals surface area contributed by atoms with Gasteiger partial charge in [-0.05, 0) is 36.6 Å². The van der Waals surface area contributed by atoms with Crippen molar-refractivity contribution in [2.45, 2.75) is 12.3 Å². The summed E-state index contributed by atoms with van der Waals surface area (Å²) in [5.41, 5.74) is 1.87. The Morgan fingerprint density at radius 1 is 1.53 bits per heavy atom. The van der Waals surface area contributed by atoms with E-state index < -0.39 is 0 Å². The second-order valence-corrected chi connectivity index (χ2v) is 3.81. The van der Waals surface area contributed by atoms with Gasteiger partial charge in [0.2, 0.25) is 0 Å². The molecule has 0 bridgehead atoms. The standard InChI is InChI=1S/C12H15NO2/c1-15-12(14)10-4-2-3-9(7-10)11-5-6-13-8-11/h2-4,7,11,13H,5-6,8H2,1H3/t11-/m0/s1. The van der Waals surface area contributed by atoms with Crippen molar-refractivity contribution in [1.82, 2.24) is 5.32 Å². The van der Waals surface area contributed by atoms with Crippen molar-refractivity contribution in [3.05, 3.63) is 35.4 Å². The Morgan fingerprint density at radius 2 is 2.40 bits per heavy atom. The highest BCUT2D eigenvalue weighted by atomic mass is 16.5. The van der Waals surface area contributed by atoms with Crippen LogP contribution in [-0.4, -0.2) is 26.2 Å². The van der Waals surface area contributed by atoms with Gasteiger partial charge < -0.3 is 10.1 Å². The zero-order valence-electron chi connectivity index (χ0n) is 8.82. The molecule has 3 nitrogen and oxygen atoms in total. The number of esters is 1. The highest BCUT2D eigenvalue weighted by Crippen LogP contribution is 2.23. The molecule has 0 saturated carbocycles. The normalized spacial score (nSPS) is 20.2. The van der Waals surface area contributed by atoms with Gasteiger partial charge in [-0.25, -0.2) is 4.79 Å². The molecule has 0 radical (unpaired) electrons. The zero-order valence-corrected chi connectivity index (χ0v) is 8.82. The molecule has 0 unspecified atom stereocenters. The first-order valence-corrected chi connectivity index (χ1v) is 5.20. The van der Waals surface area contributed by atoms with Crippen molar-refractivity contribution in [2.75, 3.05) is 20.2 Å². The van der Waals surface area contributed by atoms with Crippen LogP contribution in [0, 0.1) is 0 Å². The average Bonchev–Trinajstić information content (AvgIpc) is 2.82. The summed E-state index contributed by atoms with van der Waals surface area (Å²) >= 11 is 0. The fourth-order valence-corrected chi connectivity index (χ4v) is 1.98. The summed E-state index contributed by atoms with van der Waals surface area (Å²) in [6.07, 6.45) is 1.14. The minimum atomic E-state index is -0.261. The maximum atomic E-state index is 11.3. The predicted molar refractivity (Wildman–Crippen MR) is 58.0 cm³/mol. The first-order chi connectivity index (χ1) is 7.31. The van der Waals surface area contributed by atoms with Crippen molar-refractivity contribution in [2.24, 2.45) is 0 Å². The molecule has 1 aliphatic heterocycles. The summed E-state index contributed by atoms with van der Waals surface area (Å²) in [7, 11) is 1.41. The van der Waals surface area contributed by atoms with Crippen LogP contribution in [0.2, 0.25) is 0 Å². The fourth-order valence-electron chi connectivity index (χ4n) is 1.98. The molecular weight excluding hydrogens is 190 g/mol. The van der Waals surface area contributed by atoms with Crippen LogP contribution in [-0.2, 0) is 4.74 Å². The molecule has 80 valence electrons. The molecule has 0 spiro atoms. The number of carbonyl (C=O) groups excluding carboxylic acids is 1. The van der Waals surface area contributed by atoms with Crippen LogP contribution in [0.4, 0.5) is 0 Å². The molecule has 1 aromatic carbocycles. The van der Waals surface area contributed by atoms with Crippen LogP contribution in [0.1, 0.15) is 28.3 Å². The van der Waals surface area contributed by atoms with Gasteiger partial charge in [-0.15, -0.1) is 0 Å². The smallest absolute Gasteiger partial charge is 0.337 e. The molecule has 1 fully saturated rings. The monoisotopic (exact) mass is 205 g/mol. The van der Waals surface area contributed by atoms with Crippen molar-refractivity contribution < 1.29 is 9.53 Å². The number of benzene rings is 1. The number of hydrogen-bond donors (Lipinski definition) is 1. The molecule has 1 N–H and O–H groups in total. The van der Waals surface area contributed by atoms with Gasteiger partial charge in [0.15, 0.2) is 0 Å². The molecule has 3 heteroatoms. The molecule has 1 heterocycles. The summed E-state index contributed by atoms with van der Waals surface area (Å²) in [6.45, 7) is 2.07. The number of ether oxygens (including phenoxy) is 1. The third-order valence-electron chi connectivity index (χ3n) is 2.84. The van der Waals surface area contributed by atoms with Gasteiger partial charge in [-0.1, -0.05) is 12.1 Å². The van der Waals surface area contributed by atoms with Gasteiger partial charge in [0.1, 0.15) is 0 Å². The van der Waals surface area contributed by atoms with E-state index in [4.69, 9.17) is 4.74 Å². The van der Waals surface area contributed by atoms with E-state index in [1.54, 1.807) is 6.07 Å². The van der Waals surface area contributed by atoms with E-state index in [0.29, 0.717) is 11.5 Å². The second-order valence-electron chi connectivity index (χ2n) is 3.81. The summed E-state index contributed by atoms with van der Waals surface area (Å²) in [6, 6.07) is 7.71. The van der Waals surface area contributed by atoms with Crippen molar-refractivity contribution in [3.63, 3.8) is 0 Å². The average molecular weight is 205 g/mol. The molecule has 1 atom stereocenters. The number of rotatable bonds is 2. The quantitative estimate of drug-likeness (QED) is 0.744. The minimum Gasteiger partial charge on any atom is -0.465 e. The Morgan fingerprint density at radius 3 is 3.07 bits per heavy atom. The third-order valence-corrected chi connectivity index (χ3v) is 2.84. The van der Waals surface area contributed by atoms with Gasteiger partial charge in [-0.2, -0.15) is 0 Å². The Bertz CT molecular complexity index is 356. The lowest BCUT2D eigenvalue weighted by atomic mass is 9.97. The zero-order chi connectivity index (χ0) is 10.7. The Hall–Kier alpha value is -1.35. The van der Waals surface area contributed by atoms with Gasteiger partial charge >= 0.3 is 5.97 Å². The lowest BCUT2D eigenvalue weighted by Crippen LogP contribution is -2.08. The number of carbonyl (C=O) groups is 1. The van der Waals surface area contributed by atoms with Crippen LogP contribution < -0.4 is 5.32 Å². The van der Waals surface area contributed by atoms with Crippen molar-refractivity contribution in [1.29, 1.82) is 0 Å². The number of hydrogen-bond acceptors (Lipinski definition) is 3. The maximum absolute atomic E-state index is 11.3. The van der Waals surface area contributed by atoms with Gasteiger partial charge in [-0.3, -0.25) is 0 Å². The lowest BCUT2D eigenvalue weighted by molar-refractivity contribution is 0.0600. The van der Waals surface area contributed by atoms with Gasteiger partial charge in [0.25, 0.3) is 0 Å². The minimum absolute atomic E-state index is 0.261. The summed E-state index contributed by atoms with van der Waals surface area (Å²) in [4.78, 5) is 11.3. The summed E-state index contributed by atoms with van der Waals surface area (Å²) in [5.74, 6) is 0.275. The molecule has 1 aromatic rings. The van der Waals surface area contributed by atoms with E-state index in [9.17, 15) is 4.79 Å². The van der Waals surface area contributed by atoms with E-state index in [0.717, 1.165) is 19.5 Å². The van der Waals surface area contributed by atoms with Crippen molar-refractivity contribution in [3.8, 4) is 0 Å². The third kappa shape index (κ3) is 2.18. The molecule has 0 aromatic heterocycles. The molecule has 15 heavy (non-hydrogen) atoms. The number of methoxy groups -OCH3 is 1. The largest absolute Gasteiger partial charge is 0.465 e. The predicted octanol–water partition coefficient (Wildman–Crippen LogP) is 1.55. The molecule has 1 saturated heterocycles. The Balaban J connectivity index is 2.21. The SMILES string of the molecule is COC(=O)c1cccc([C@H]2CCNC2)c1. The highest BCUT2D eigenvalue weighted by Gasteiger charge is 2.17. The Labute approximate surface area is 89.4 Å². The van der Waals surface area contributed by atoms with Crippen LogP contribution in [0.25, 0.3) is 0 Å². The topological polar surface area (TPSA) is 38.3 Å². The van der Waals surface area contributed by atoms with E-state index in [2.05, 4.69) is 11.4 Å². The van der Waals surface area contributed by atoms with E-state index >= 15 is 0 Å². The second kappa shape index (κ2) is 4.45. The van der Waals surface area contributed by atoms with E-state index in [-0.39, 0.29) is 5.97 Å². The van der Waals surface area contributed by atoms with Gasteiger partial charge in [0.05, 0.1) is 12.7 Å². The molecule has 0 aliphatic carbocycles. The molecule has 1 aliphatic rings. The van der Waals surface area contributed by atoms with Crippen LogP contribution >= 0.6 is 0 Å². The fraction of sp³-hybridized carbons (Fsp3) is 0.417. The summed E-state index contributed by atoms with van der Waals surface area (Å²) in [5, 5.41) is 3.32. The van der Waals surface area contributed by atoms with Crippen LogP contribution in [0.5, 0.6) is 0 Å². The first-order valence-electron chi connectivity index (χ1n) is 5.20. The van der Waals surface area contributed by atoms with E-state index in [1.807, 2.05) is 12.1 Å². The number of nitrogens with one attached hydrogen (secondary N) is 1. The molecule has 2 rings (SSSR count). The highest BCUT2D eigenvalue weighted by molar-refractivity contribution is 5.89. The molecule has 0 amide bonds. The molecular formula is C12H15NO2. The summed E-state index contributed by atoms with van der Waals surface area (Å²) < 4.78 is 4.70.